The number of carbonyl (C=O) groups excluding carboxylic acids is 1. The first kappa shape index (κ1) is 17.7. The van der Waals surface area contributed by atoms with Crippen LogP contribution in [0.25, 0.3) is 0 Å². The van der Waals surface area contributed by atoms with Crippen molar-refractivity contribution in [2.75, 3.05) is 10.6 Å². The molecule has 26 heavy (non-hydrogen) atoms. The summed E-state index contributed by atoms with van der Waals surface area (Å²) in [6.07, 6.45) is 3.31. The Hall–Kier alpha value is -3.14. The lowest BCUT2D eigenvalue weighted by atomic mass is 10.1. The number of aromatic nitrogens is 1. The van der Waals surface area contributed by atoms with E-state index in [0.29, 0.717) is 12.1 Å². The number of amides is 1. The minimum atomic E-state index is -0.163. The van der Waals surface area contributed by atoms with Crippen molar-refractivity contribution >= 4 is 17.3 Å². The number of nitrogens with zero attached hydrogens (tertiary/aromatic N) is 1. The number of hydrogen-bond donors (Lipinski definition) is 2. The SMILES string of the molecule is Cc1cccc(CNc2cncc(C(=O)Nc3ccc(C)cc3C)c2)c1. The second-order valence-electron chi connectivity index (χ2n) is 6.58. The zero-order valence-electron chi connectivity index (χ0n) is 15.3. The number of benzene rings is 2. The van der Waals surface area contributed by atoms with Crippen LogP contribution in [0.4, 0.5) is 11.4 Å². The summed E-state index contributed by atoms with van der Waals surface area (Å²) in [7, 11) is 0. The fourth-order valence-corrected chi connectivity index (χ4v) is 2.84. The van der Waals surface area contributed by atoms with Gasteiger partial charge in [-0.2, -0.15) is 0 Å². The normalized spacial score (nSPS) is 10.4. The highest BCUT2D eigenvalue weighted by Gasteiger charge is 2.09. The van der Waals surface area contributed by atoms with Crippen molar-refractivity contribution in [2.45, 2.75) is 27.3 Å². The first-order valence-corrected chi connectivity index (χ1v) is 8.64. The van der Waals surface area contributed by atoms with Gasteiger partial charge in [-0.1, -0.05) is 47.5 Å². The van der Waals surface area contributed by atoms with Crippen molar-refractivity contribution in [3.63, 3.8) is 0 Å². The van der Waals surface area contributed by atoms with E-state index >= 15 is 0 Å². The Balaban J connectivity index is 1.69. The predicted octanol–water partition coefficient (Wildman–Crippen LogP) is 4.87. The molecular formula is C22H23N3O. The van der Waals surface area contributed by atoms with Crippen LogP contribution >= 0.6 is 0 Å². The van der Waals surface area contributed by atoms with E-state index in [1.165, 1.54) is 16.7 Å². The molecule has 0 radical (unpaired) electrons. The molecule has 3 rings (SSSR count). The molecule has 1 aromatic heterocycles. The van der Waals surface area contributed by atoms with E-state index in [4.69, 9.17) is 0 Å². The molecule has 0 saturated heterocycles. The summed E-state index contributed by atoms with van der Waals surface area (Å²) in [6.45, 7) is 6.78. The van der Waals surface area contributed by atoms with Crippen LogP contribution in [0.3, 0.4) is 0 Å². The Morgan fingerprint density at radius 3 is 2.54 bits per heavy atom. The number of carbonyl (C=O) groups is 1. The van der Waals surface area contributed by atoms with Gasteiger partial charge in [-0.3, -0.25) is 9.78 Å². The molecule has 0 bridgehead atoms. The van der Waals surface area contributed by atoms with E-state index < -0.39 is 0 Å². The van der Waals surface area contributed by atoms with Crippen LogP contribution in [0, 0.1) is 20.8 Å². The van der Waals surface area contributed by atoms with E-state index in [9.17, 15) is 4.79 Å². The van der Waals surface area contributed by atoms with Gasteiger partial charge in [-0.25, -0.2) is 0 Å². The lowest BCUT2D eigenvalue weighted by Gasteiger charge is -2.11. The fourth-order valence-electron chi connectivity index (χ4n) is 2.84. The van der Waals surface area contributed by atoms with Crippen LogP contribution in [0.15, 0.2) is 60.9 Å². The molecule has 2 aromatic carbocycles. The summed E-state index contributed by atoms with van der Waals surface area (Å²) < 4.78 is 0. The van der Waals surface area contributed by atoms with Crippen LogP contribution < -0.4 is 10.6 Å². The third-order valence-corrected chi connectivity index (χ3v) is 4.21. The van der Waals surface area contributed by atoms with E-state index in [-0.39, 0.29) is 5.91 Å². The minimum absolute atomic E-state index is 0.163. The number of aryl methyl sites for hydroxylation is 3. The number of hydrogen-bond acceptors (Lipinski definition) is 3. The van der Waals surface area contributed by atoms with Gasteiger partial charge in [0, 0.05) is 24.6 Å². The molecule has 1 amide bonds. The lowest BCUT2D eigenvalue weighted by Crippen LogP contribution is -2.13. The highest BCUT2D eigenvalue weighted by molar-refractivity contribution is 6.04. The lowest BCUT2D eigenvalue weighted by molar-refractivity contribution is 0.102. The van der Waals surface area contributed by atoms with Gasteiger partial charge in [0.15, 0.2) is 0 Å². The average Bonchev–Trinajstić information content (AvgIpc) is 2.62. The molecule has 0 aliphatic carbocycles. The zero-order valence-corrected chi connectivity index (χ0v) is 15.3. The second-order valence-corrected chi connectivity index (χ2v) is 6.58. The largest absolute Gasteiger partial charge is 0.380 e. The van der Waals surface area contributed by atoms with Crippen molar-refractivity contribution < 1.29 is 4.79 Å². The number of pyridine rings is 1. The summed E-state index contributed by atoms with van der Waals surface area (Å²) >= 11 is 0. The summed E-state index contributed by atoms with van der Waals surface area (Å²) in [5.41, 5.74) is 6.79. The molecule has 0 aliphatic heterocycles. The molecule has 4 heteroatoms. The maximum absolute atomic E-state index is 12.5. The number of rotatable bonds is 5. The van der Waals surface area contributed by atoms with Gasteiger partial charge in [0.05, 0.1) is 11.3 Å². The van der Waals surface area contributed by atoms with Gasteiger partial charge >= 0.3 is 0 Å². The second kappa shape index (κ2) is 7.83. The molecule has 0 saturated carbocycles. The minimum Gasteiger partial charge on any atom is -0.380 e. The van der Waals surface area contributed by atoms with Gasteiger partial charge in [-0.05, 0) is 44.0 Å². The van der Waals surface area contributed by atoms with Crippen molar-refractivity contribution in [3.05, 3.63) is 88.7 Å². The van der Waals surface area contributed by atoms with Crippen LogP contribution in [0.1, 0.15) is 32.6 Å². The number of anilines is 2. The zero-order chi connectivity index (χ0) is 18.5. The summed E-state index contributed by atoms with van der Waals surface area (Å²) in [5, 5.41) is 6.28. The molecule has 132 valence electrons. The Morgan fingerprint density at radius 2 is 1.77 bits per heavy atom. The van der Waals surface area contributed by atoms with E-state index in [1.807, 2.05) is 44.2 Å². The quantitative estimate of drug-likeness (QED) is 0.693. The smallest absolute Gasteiger partial charge is 0.257 e. The monoisotopic (exact) mass is 345 g/mol. The summed E-state index contributed by atoms with van der Waals surface area (Å²) in [4.78, 5) is 16.7. The van der Waals surface area contributed by atoms with Gasteiger partial charge in [0.2, 0.25) is 0 Å². The maximum Gasteiger partial charge on any atom is 0.257 e. The van der Waals surface area contributed by atoms with Gasteiger partial charge < -0.3 is 10.6 Å². The first-order chi connectivity index (χ1) is 12.5. The molecule has 0 fully saturated rings. The van der Waals surface area contributed by atoms with E-state index in [2.05, 4.69) is 40.7 Å². The first-order valence-electron chi connectivity index (χ1n) is 8.64. The molecule has 3 aromatic rings. The van der Waals surface area contributed by atoms with Crippen molar-refractivity contribution in [1.82, 2.24) is 4.98 Å². The predicted molar refractivity (Wildman–Crippen MR) is 107 cm³/mol. The molecule has 4 nitrogen and oxygen atoms in total. The molecule has 0 spiro atoms. The topological polar surface area (TPSA) is 54.0 Å². The van der Waals surface area contributed by atoms with Gasteiger partial charge in [-0.15, -0.1) is 0 Å². The molecule has 0 aliphatic rings. The fraction of sp³-hybridized carbons (Fsp3) is 0.182. The third kappa shape index (κ3) is 4.48. The molecule has 1 heterocycles. The third-order valence-electron chi connectivity index (χ3n) is 4.21. The molecule has 0 atom stereocenters. The van der Waals surface area contributed by atoms with Gasteiger partial charge in [0.25, 0.3) is 5.91 Å². The summed E-state index contributed by atoms with van der Waals surface area (Å²) in [5.74, 6) is -0.163. The van der Waals surface area contributed by atoms with Crippen LogP contribution in [-0.4, -0.2) is 10.9 Å². The molecule has 0 unspecified atom stereocenters. The molecule has 2 N–H and O–H groups in total. The van der Waals surface area contributed by atoms with Crippen molar-refractivity contribution in [1.29, 1.82) is 0 Å². The van der Waals surface area contributed by atoms with Crippen LogP contribution in [0.5, 0.6) is 0 Å². The Bertz CT molecular complexity index is 934. The summed E-state index contributed by atoms with van der Waals surface area (Å²) in [6, 6.07) is 16.1. The highest BCUT2D eigenvalue weighted by Crippen LogP contribution is 2.18. The maximum atomic E-state index is 12.5. The average molecular weight is 345 g/mol. The molecular weight excluding hydrogens is 322 g/mol. The Morgan fingerprint density at radius 1 is 0.962 bits per heavy atom. The Kier molecular flexibility index (Phi) is 5.32. The van der Waals surface area contributed by atoms with Crippen molar-refractivity contribution in [2.24, 2.45) is 0 Å². The standard InChI is InChI=1S/C22H23N3O/c1-15-5-4-6-18(10-15)12-24-20-11-19(13-23-14-20)22(26)25-21-8-7-16(2)9-17(21)3/h4-11,13-14,24H,12H2,1-3H3,(H,25,26). The van der Waals surface area contributed by atoms with Gasteiger partial charge in [0.1, 0.15) is 0 Å². The van der Waals surface area contributed by atoms with Crippen molar-refractivity contribution in [3.8, 4) is 0 Å². The number of nitrogens with one attached hydrogen (secondary N) is 2. The van der Waals surface area contributed by atoms with E-state index in [0.717, 1.165) is 16.9 Å². The van der Waals surface area contributed by atoms with Crippen LogP contribution in [0.2, 0.25) is 0 Å². The van der Waals surface area contributed by atoms with E-state index in [1.54, 1.807) is 12.4 Å². The highest BCUT2D eigenvalue weighted by atomic mass is 16.1. The Labute approximate surface area is 154 Å². The van der Waals surface area contributed by atoms with Crippen LogP contribution in [-0.2, 0) is 6.54 Å².